The van der Waals surface area contributed by atoms with Gasteiger partial charge in [-0.25, -0.2) is 0 Å². The van der Waals surface area contributed by atoms with Crippen LogP contribution in [-0.2, 0) is 9.59 Å². The molecule has 6 heteroatoms. The molecule has 0 aliphatic heterocycles. The number of carbonyl (C=O) groups excluding carboxylic acids is 1. The van der Waals surface area contributed by atoms with Gasteiger partial charge in [0.1, 0.15) is 0 Å². The summed E-state index contributed by atoms with van der Waals surface area (Å²) in [6.45, 7) is 4.03. The molecule has 2 atom stereocenters. The van der Waals surface area contributed by atoms with Crippen molar-refractivity contribution < 1.29 is 19.8 Å². The van der Waals surface area contributed by atoms with Crippen LogP contribution in [0.25, 0.3) is 0 Å². The summed E-state index contributed by atoms with van der Waals surface area (Å²) < 4.78 is 0. The van der Waals surface area contributed by atoms with Gasteiger partial charge in [-0.3, -0.25) is 9.59 Å². The maximum atomic E-state index is 10.9. The first kappa shape index (κ1) is 17.1. The van der Waals surface area contributed by atoms with Gasteiger partial charge in [0.25, 0.3) is 0 Å². The Bertz CT molecular complexity index is 473. The molecule has 4 N–H and O–H groups in total. The van der Waals surface area contributed by atoms with Crippen LogP contribution in [0.4, 0.5) is 5.69 Å². The monoisotopic (exact) mass is 294 g/mol. The molecule has 1 aromatic rings. The van der Waals surface area contributed by atoms with Gasteiger partial charge >= 0.3 is 5.97 Å². The predicted octanol–water partition coefficient (Wildman–Crippen LogP) is 1.52. The van der Waals surface area contributed by atoms with Gasteiger partial charge in [0.05, 0.1) is 12.5 Å². The Kier molecular flexibility index (Phi) is 6.84. The van der Waals surface area contributed by atoms with Crippen molar-refractivity contribution >= 4 is 17.6 Å². The van der Waals surface area contributed by atoms with Crippen molar-refractivity contribution in [3.63, 3.8) is 0 Å². The summed E-state index contributed by atoms with van der Waals surface area (Å²) in [5.41, 5.74) is 1.24. The van der Waals surface area contributed by atoms with Gasteiger partial charge < -0.3 is 20.8 Å². The second kappa shape index (κ2) is 8.39. The third-order valence-corrected chi connectivity index (χ3v) is 3.00. The molecule has 0 saturated heterocycles. The van der Waals surface area contributed by atoms with Crippen molar-refractivity contribution in [1.82, 2.24) is 5.32 Å². The van der Waals surface area contributed by atoms with Gasteiger partial charge in [-0.1, -0.05) is 19.1 Å². The minimum atomic E-state index is -0.961. The van der Waals surface area contributed by atoms with E-state index in [0.717, 1.165) is 6.42 Å². The summed E-state index contributed by atoms with van der Waals surface area (Å²) in [6.07, 6.45) is -0.224. The Morgan fingerprint density at radius 2 is 1.86 bits per heavy atom. The molecule has 1 aromatic carbocycles. The standard InChI is InChI=1S/C15H22N2O4/c1-3-8-16-13(9-14(19)20)15(21)11-4-6-12(7-5-11)17-10(2)18/h4-7,13,15-16,21H,3,8-9H2,1-2H3,(H,17,18)(H,19,20). The van der Waals surface area contributed by atoms with Crippen LogP contribution in [-0.4, -0.2) is 34.7 Å². The number of carbonyl (C=O) groups is 2. The molecule has 0 aliphatic rings. The first-order chi connectivity index (χ1) is 9.93. The van der Waals surface area contributed by atoms with Crippen LogP contribution in [0.5, 0.6) is 0 Å². The summed E-state index contributed by atoms with van der Waals surface area (Å²) >= 11 is 0. The van der Waals surface area contributed by atoms with Gasteiger partial charge in [0.15, 0.2) is 0 Å². The molecule has 0 heterocycles. The molecular formula is C15H22N2O4. The number of hydrogen-bond acceptors (Lipinski definition) is 4. The summed E-state index contributed by atoms with van der Waals surface area (Å²) in [7, 11) is 0. The first-order valence-corrected chi connectivity index (χ1v) is 6.94. The molecule has 0 radical (unpaired) electrons. The normalized spacial score (nSPS) is 13.5. The minimum absolute atomic E-state index is 0.158. The van der Waals surface area contributed by atoms with E-state index in [1.807, 2.05) is 6.92 Å². The number of aliphatic carboxylic acids is 1. The van der Waals surface area contributed by atoms with Gasteiger partial charge in [0, 0.05) is 18.7 Å². The Labute approximate surface area is 124 Å². The van der Waals surface area contributed by atoms with Gasteiger partial charge in [0.2, 0.25) is 5.91 Å². The number of carboxylic acids is 1. The highest BCUT2D eigenvalue weighted by atomic mass is 16.4. The number of rotatable bonds is 8. The van der Waals surface area contributed by atoms with Crippen molar-refractivity contribution in [3.8, 4) is 0 Å². The lowest BCUT2D eigenvalue weighted by Crippen LogP contribution is -2.37. The molecule has 0 spiro atoms. The SMILES string of the molecule is CCCNC(CC(=O)O)C(O)c1ccc(NC(C)=O)cc1. The fourth-order valence-electron chi connectivity index (χ4n) is 2.01. The van der Waals surface area contributed by atoms with E-state index < -0.39 is 18.1 Å². The highest BCUT2D eigenvalue weighted by molar-refractivity contribution is 5.88. The molecule has 0 fully saturated rings. The zero-order valence-electron chi connectivity index (χ0n) is 12.3. The number of benzene rings is 1. The van der Waals surface area contributed by atoms with Crippen LogP contribution in [0.1, 0.15) is 38.4 Å². The van der Waals surface area contributed by atoms with Crippen molar-refractivity contribution in [2.24, 2.45) is 0 Å². The van der Waals surface area contributed by atoms with Crippen LogP contribution < -0.4 is 10.6 Å². The molecule has 0 aromatic heterocycles. The maximum absolute atomic E-state index is 10.9. The zero-order chi connectivity index (χ0) is 15.8. The van der Waals surface area contributed by atoms with E-state index in [-0.39, 0.29) is 12.3 Å². The number of carboxylic acid groups (broad SMARTS) is 1. The van der Waals surface area contributed by atoms with Crippen LogP contribution in [0, 0.1) is 0 Å². The Balaban J connectivity index is 2.79. The quantitative estimate of drug-likeness (QED) is 0.582. The molecule has 1 amide bonds. The zero-order valence-corrected chi connectivity index (χ0v) is 12.3. The molecule has 1 rings (SSSR count). The molecule has 2 unspecified atom stereocenters. The van der Waals surface area contributed by atoms with Gasteiger partial charge in [-0.05, 0) is 30.7 Å². The molecule has 0 aliphatic carbocycles. The van der Waals surface area contributed by atoms with E-state index in [9.17, 15) is 14.7 Å². The highest BCUT2D eigenvalue weighted by Gasteiger charge is 2.22. The highest BCUT2D eigenvalue weighted by Crippen LogP contribution is 2.21. The number of nitrogens with one attached hydrogen (secondary N) is 2. The Hall–Kier alpha value is -1.92. The summed E-state index contributed by atoms with van der Waals surface area (Å²) in [6, 6.07) is 6.17. The molecule has 6 nitrogen and oxygen atoms in total. The first-order valence-electron chi connectivity index (χ1n) is 6.94. The van der Waals surface area contributed by atoms with E-state index in [0.29, 0.717) is 17.8 Å². The lowest BCUT2D eigenvalue weighted by atomic mass is 9.99. The van der Waals surface area contributed by atoms with E-state index in [4.69, 9.17) is 5.11 Å². The summed E-state index contributed by atoms with van der Waals surface area (Å²) in [5.74, 6) is -1.13. The fourth-order valence-corrected chi connectivity index (χ4v) is 2.01. The third kappa shape index (κ3) is 5.93. The lowest BCUT2D eigenvalue weighted by Gasteiger charge is -2.23. The average Bonchev–Trinajstić information content (AvgIpc) is 2.42. The number of hydrogen-bond donors (Lipinski definition) is 4. The molecular weight excluding hydrogens is 272 g/mol. The van der Waals surface area contributed by atoms with Gasteiger partial charge in [-0.15, -0.1) is 0 Å². The fraction of sp³-hybridized carbons (Fsp3) is 0.467. The number of anilines is 1. The average molecular weight is 294 g/mol. The van der Waals surface area contributed by atoms with E-state index in [1.165, 1.54) is 6.92 Å². The Morgan fingerprint density at radius 1 is 1.24 bits per heavy atom. The summed E-state index contributed by atoms with van der Waals surface area (Å²) in [4.78, 5) is 21.8. The molecule has 0 bridgehead atoms. The van der Waals surface area contributed by atoms with Crippen LogP contribution in [0.15, 0.2) is 24.3 Å². The maximum Gasteiger partial charge on any atom is 0.305 e. The number of aliphatic hydroxyl groups is 1. The smallest absolute Gasteiger partial charge is 0.305 e. The molecule has 0 saturated carbocycles. The predicted molar refractivity (Wildman–Crippen MR) is 80.0 cm³/mol. The number of amides is 1. The van der Waals surface area contributed by atoms with E-state index in [2.05, 4.69) is 10.6 Å². The second-order valence-electron chi connectivity index (χ2n) is 4.91. The third-order valence-electron chi connectivity index (χ3n) is 3.00. The molecule has 21 heavy (non-hydrogen) atoms. The lowest BCUT2D eigenvalue weighted by molar-refractivity contribution is -0.138. The van der Waals surface area contributed by atoms with Crippen molar-refractivity contribution in [2.45, 2.75) is 38.8 Å². The van der Waals surface area contributed by atoms with Crippen molar-refractivity contribution in [3.05, 3.63) is 29.8 Å². The van der Waals surface area contributed by atoms with E-state index >= 15 is 0 Å². The number of aliphatic hydroxyl groups excluding tert-OH is 1. The largest absolute Gasteiger partial charge is 0.481 e. The second-order valence-corrected chi connectivity index (χ2v) is 4.91. The topological polar surface area (TPSA) is 98.7 Å². The molecule has 116 valence electrons. The van der Waals surface area contributed by atoms with Crippen molar-refractivity contribution in [1.29, 1.82) is 0 Å². The minimum Gasteiger partial charge on any atom is -0.481 e. The van der Waals surface area contributed by atoms with Crippen molar-refractivity contribution in [2.75, 3.05) is 11.9 Å². The van der Waals surface area contributed by atoms with Crippen LogP contribution >= 0.6 is 0 Å². The van der Waals surface area contributed by atoms with Crippen LogP contribution in [0.2, 0.25) is 0 Å². The Morgan fingerprint density at radius 3 is 2.33 bits per heavy atom. The summed E-state index contributed by atoms with van der Waals surface area (Å²) in [5, 5.41) is 24.9. The van der Waals surface area contributed by atoms with Crippen LogP contribution in [0.3, 0.4) is 0 Å². The van der Waals surface area contributed by atoms with E-state index in [1.54, 1.807) is 24.3 Å². The van der Waals surface area contributed by atoms with Gasteiger partial charge in [-0.2, -0.15) is 0 Å².